The Balaban J connectivity index is 2.02. The first-order chi connectivity index (χ1) is 8.50. The van der Waals surface area contributed by atoms with Crippen molar-refractivity contribution in [1.82, 2.24) is 14.7 Å². The van der Waals surface area contributed by atoms with Crippen molar-refractivity contribution in [2.75, 3.05) is 13.6 Å². The standard InChI is InChI=1S/C13H21N3O2/c1-9-11(7-14-16(9)3)13(18)15(2)8-10-5-4-6-12(10)17/h7,10,12,17H,4-6,8H2,1-3H3. The van der Waals surface area contributed by atoms with E-state index in [9.17, 15) is 9.90 Å². The Morgan fingerprint density at radius 2 is 2.33 bits per heavy atom. The summed E-state index contributed by atoms with van der Waals surface area (Å²) in [5, 5.41) is 13.9. The van der Waals surface area contributed by atoms with E-state index in [1.165, 1.54) is 0 Å². The minimum atomic E-state index is -0.254. The van der Waals surface area contributed by atoms with Crippen molar-refractivity contribution in [2.45, 2.75) is 32.3 Å². The Hall–Kier alpha value is -1.36. The van der Waals surface area contributed by atoms with Gasteiger partial charge in [-0.3, -0.25) is 9.48 Å². The number of aromatic nitrogens is 2. The fourth-order valence-electron chi connectivity index (χ4n) is 2.58. The molecule has 1 saturated carbocycles. The first kappa shape index (κ1) is 13.1. The van der Waals surface area contributed by atoms with Gasteiger partial charge in [0.2, 0.25) is 0 Å². The lowest BCUT2D eigenvalue weighted by Crippen LogP contribution is -2.34. The monoisotopic (exact) mass is 251 g/mol. The Morgan fingerprint density at radius 1 is 1.61 bits per heavy atom. The molecule has 2 rings (SSSR count). The van der Waals surface area contributed by atoms with Gasteiger partial charge in [-0.05, 0) is 19.8 Å². The Bertz CT molecular complexity index is 441. The van der Waals surface area contributed by atoms with Crippen LogP contribution in [0.1, 0.15) is 35.3 Å². The van der Waals surface area contributed by atoms with Gasteiger partial charge in [0, 0.05) is 32.3 Å². The largest absolute Gasteiger partial charge is 0.393 e. The summed E-state index contributed by atoms with van der Waals surface area (Å²) in [7, 11) is 3.62. The minimum absolute atomic E-state index is 0.0142. The zero-order chi connectivity index (χ0) is 13.3. The number of aliphatic hydroxyl groups is 1. The lowest BCUT2D eigenvalue weighted by molar-refractivity contribution is 0.0693. The molecule has 0 aliphatic heterocycles. The number of hydrogen-bond donors (Lipinski definition) is 1. The van der Waals surface area contributed by atoms with Crippen LogP contribution < -0.4 is 0 Å². The molecular formula is C13H21N3O2. The quantitative estimate of drug-likeness (QED) is 0.870. The summed E-state index contributed by atoms with van der Waals surface area (Å²) in [6.45, 7) is 2.51. The molecule has 2 atom stereocenters. The summed E-state index contributed by atoms with van der Waals surface area (Å²) < 4.78 is 1.70. The van der Waals surface area contributed by atoms with Crippen LogP contribution in [-0.4, -0.2) is 45.4 Å². The predicted molar refractivity (Wildman–Crippen MR) is 68.3 cm³/mol. The molecule has 5 heteroatoms. The van der Waals surface area contributed by atoms with E-state index in [0.717, 1.165) is 25.0 Å². The van der Waals surface area contributed by atoms with Gasteiger partial charge in [0.15, 0.2) is 0 Å². The number of amides is 1. The molecule has 1 fully saturated rings. The Morgan fingerprint density at radius 3 is 2.83 bits per heavy atom. The molecule has 5 nitrogen and oxygen atoms in total. The van der Waals surface area contributed by atoms with Crippen molar-refractivity contribution in [1.29, 1.82) is 0 Å². The van der Waals surface area contributed by atoms with Gasteiger partial charge in [-0.25, -0.2) is 0 Å². The lowest BCUT2D eigenvalue weighted by atomic mass is 10.1. The molecule has 0 saturated heterocycles. The van der Waals surface area contributed by atoms with Gasteiger partial charge >= 0.3 is 0 Å². The second kappa shape index (κ2) is 5.10. The molecule has 18 heavy (non-hydrogen) atoms. The number of carbonyl (C=O) groups excluding carboxylic acids is 1. The summed E-state index contributed by atoms with van der Waals surface area (Å²) in [4.78, 5) is 14.0. The zero-order valence-electron chi connectivity index (χ0n) is 11.3. The van der Waals surface area contributed by atoms with Crippen molar-refractivity contribution in [3.63, 3.8) is 0 Å². The van der Waals surface area contributed by atoms with Gasteiger partial charge < -0.3 is 10.0 Å². The van der Waals surface area contributed by atoms with E-state index in [0.29, 0.717) is 12.1 Å². The first-order valence-corrected chi connectivity index (χ1v) is 6.43. The normalized spacial score (nSPS) is 23.3. The average molecular weight is 251 g/mol. The van der Waals surface area contributed by atoms with E-state index >= 15 is 0 Å². The highest BCUT2D eigenvalue weighted by atomic mass is 16.3. The van der Waals surface area contributed by atoms with Crippen LogP contribution in [0.15, 0.2) is 6.20 Å². The van der Waals surface area contributed by atoms with Crippen LogP contribution in [0.4, 0.5) is 0 Å². The van der Waals surface area contributed by atoms with E-state index in [2.05, 4.69) is 5.10 Å². The predicted octanol–water partition coefficient (Wildman–Crippen LogP) is 0.962. The van der Waals surface area contributed by atoms with Crippen molar-refractivity contribution in [3.8, 4) is 0 Å². The number of hydrogen-bond acceptors (Lipinski definition) is 3. The third-order valence-electron chi connectivity index (χ3n) is 3.94. The molecule has 2 unspecified atom stereocenters. The van der Waals surface area contributed by atoms with Crippen LogP contribution in [0.25, 0.3) is 0 Å². The molecule has 1 amide bonds. The highest BCUT2D eigenvalue weighted by molar-refractivity contribution is 5.94. The third kappa shape index (κ3) is 2.41. The van der Waals surface area contributed by atoms with Crippen LogP contribution in [0.3, 0.4) is 0 Å². The highest BCUT2D eigenvalue weighted by Crippen LogP contribution is 2.26. The number of aliphatic hydroxyl groups excluding tert-OH is 1. The van der Waals surface area contributed by atoms with Crippen molar-refractivity contribution in [3.05, 3.63) is 17.5 Å². The maximum atomic E-state index is 12.3. The maximum absolute atomic E-state index is 12.3. The maximum Gasteiger partial charge on any atom is 0.257 e. The van der Waals surface area contributed by atoms with Gasteiger partial charge in [-0.1, -0.05) is 6.42 Å². The first-order valence-electron chi connectivity index (χ1n) is 6.43. The van der Waals surface area contributed by atoms with Crippen molar-refractivity contribution in [2.24, 2.45) is 13.0 Å². The smallest absolute Gasteiger partial charge is 0.257 e. The van der Waals surface area contributed by atoms with Gasteiger partial charge in [-0.2, -0.15) is 5.10 Å². The molecule has 1 N–H and O–H groups in total. The topological polar surface area (TPSA) is 58.4 Å². The van der Waals surface area contributed by atoms with Crippen LogP contribution in [-0.2, 0) is 7.05 Å². The Kier molecular flexibility index (Phi) is 3.71. The summed E-state index contributed by atoms with van der Waals surface area (Å²) in [5.74, 6) is 0.204. The van der Waals surface area contributed by atoms with Crippen LogP contribution in [0.5, 0.6) is 0 Å². The van der Waals surface area contributed by atoms with Crippen LogP contribution in [0, 0.1) is 12.8 Å². The SMILES string of the molecule is Cc1c(C(=O)N(C)CC2CCCC2O)cnn1C. The summed E-state index contributed by atoms with van der Waals surface area (Å²) in [5.41, 5.74) is 1.52. The van der Waals surface area contributed by atoms with Gasteiger partial charge in [0.25, 0.3) is 5.91 Å². The second-order valence-electron chi connectivity index (χ2n) is 5.21. The number of rotatable bonds is 3. The summed E-state index contributed by atoms with van der Waals surface area (Å²) in [6.07, 6.45) is 4.28. The molecule has 0 aromatic carbocycles. The Labute approximate surface area is 107 Å². The highest BCUT2D eigenvalue weighted by Gasteiger charge is 2.28. The molecule has 100 valence electrons. The van der Waals surface area contributed by atoms with E-state index in [-0.39, 0.29) is 17.9 Å². The van der Waals surface area contributed by atoms with Crippen LogP contribution in [0.2, 0.25) is 0 Å². The van der Waals surface area contributed by atoms with E-state index in [1.54, 1.807) is 22.8 Å². The molecule has 1 heterocycles. The van der Waals surface area contributed by atoms with Gasteiger partial charge in [0.1, 0.15) is 0 Å². The molecule has 1 aliphatic carbocycles. The number of aryl methyl sites for hydroxylation is 1. The molecule has 0 bridgehead atoms. The number of carbonyl (C=O) groups is 1. The molecule has 0 spiro atoms. The van der Waals surface area contributed by atoms with Crippen molar-refractivity contribution >= 4 is 5.91 Å². The average Bonchev–Trinajstić information content (AvgIpc) is 2.87. The molecular weight excluding hydrogens is 230 g/mol. The molecule has 1 aromatic rings. The molecule has 1 aromatic heterocycles. The van der Waals surface area contributed by atoms with Gasteiger partial charge in [-0.15, -0.1) is 0 Å². The third-order valence-corrected chi connectivity index (χ3v) is 3.94. The van der Waals surface area contributed by atoms with Crippen molar-refractivity contribution < 1.29 is 9.90 Å². The van der Waals surface area contributed by atoms with E-state index < -0.39 is 0 Å². The summed E-state index contributed by atoms with van der Waals surface area (Å²) >= 11 is 0. The van der Waals surface area contributed by atoms with E-state index in [1.807, 2.05) is 14.0 Å². The van der Waals surface area contributed by atoms with E-state index in [4.69, 9.17) is 0 Å². The van der Waals surface area contributed by atoms with Gasteiger partial charge in [0.05, 0.1) is 17.9 Å². The number of nitrogens with zero attached hydrogens (tertiary/aromatic N) is 3. The lowest BCUT2D eigenvalue weighted by Gasteiger charge is -2.23. The minimum Gasteiger partial charge on any atom is -0.393 e. The zero-order valence-corrected chi connectivity index (χ0v) is 11.3. The molecule has 0 radical (unpaired) electrons. The fourth-order valence-corrected chi connectivity index (χ4v) is 2.58. The summed E-state index contributed by atoms with van der Waals surface area (Å²) in [6, 6.07) is 0. The molecule has 1 aliphatic rings. The van der Waals surface area contributed by atoms with Crippen LogP contribution >= 0.6 is 0 Å². The second-order valence-corrected chi connectivity index (χ2v) is 5.21. The fraction of sp³-hybridized carbons (Fsp3) is 0.692.